The van der Waals surface area contributed by atoms with Crippen molar-refractivity contribution in [1.82, 2.24) is 24.3 Å². The molecule has 0 radical (unpaired) electrons. The van der Waals surface area contributed by atoms with Crippen molar-refractivity contribution in [2.75, 3.05) is 13.2 Å². The third-order valence-corrected chi connectivity index (χ3v) is 6.20. The van der Waals surface area contributed by atoms with Crippen LogP contribution < -0.4 is 0 Å². The van der Waals surface area contributed by atoms with Crippen molar-refractivity contribution in [3.63, 3.8) is 0 Å². The van der Waals surface area contributed by atoms with Gasteiger partial charge in [0.05, 0.1) is 29.3 Å². The first kappa shape index (κ1) is 19.5. The normalized spacial score (nSPS) is 15.8. The molecule has 7 heteroatoms. The fraction of sp³-hybridized carbons (Fsp3) is 0.333. The van der Waals surface area contributed by atoms with Gasteiger partial charge in [-0.3, -0.25) is 4.68 Å². The summed E-state index contributed by atoms with van der Waals surface area (Å²) in [4.78, 5) is 9.11. The van der Waals surface area contributed by atoms with Gasteiger partial charge >= 0.3 is 0 Å². The van der Waals surface area contributed by atoms with Crippen LogP contribution >= 0.6 is 0 Å². The van der Waals surface area contributed by atoms with E-state index < -0.39 is 0 Å². The summed E-state index contributed by atoms with van der Waals surface area (Å²) in [6, 6.07) is 12.0. The summed E-state index contributed by atoms with van der Waals surface area (Å²) in [5, 5.41) is 14.0. The van der Waals surface area contributed by atoms with Gasteiger partial charge < -0.3 is 9.30 Å². The Bertz CT molecular complexity index is 1290. The molecule has 4 aromatic rings. The van der Waals surface area contributed by atoms with Gasteiger partial charge in [0, 0.05) is 49.7 Å². The number of hydrogen-bond acceptors (Lipinski definition) is 5. The minimum Gasteiger partial charge on any atom is -0.381 e. The average Bonchev–Trinajstić information content (AvgIpc) is 3.39. The standard InChI is InChI=1S/C24H24N6O/c1-24(7-9-31-10-8-24)15-30-14-18(13-27-30)20-5-4-19(12-25)28-23(20)17-3-6-22-21(11-17)26-16-29(22)2/h3-6,11,13-14,16H,7-10,15H2,1-2H3. The monoisotopic (exact) mass is 412 g/mol. The summed E-state index contributed by atoms with van der Waals surface area (Å²) in [5.74, 6) is 0. The predicted octanol–water partition coefficient (Wildman–Crippen LogP) is 4.19. The zero-order chi connectivity index (χ0) is 21.4. The van der Waals surface area contributed by atoms with E-state index in [-0.39, 0.29) is 5.41 Å². The first-order valence-corrected chi connectivity index (χ1v) is 10.5. The highest BCUT2D eigenvalue weighted by molar-refractivity contribution is 5.86. The summed E-state index contributed by atoms with van der Waals surface area (Å²) in [6.45, 7) is 4.78. The second-order valence-electron chi connectivity index (χ2n) is 8.61. The Hall–Kier alpha value is -3.50. The van der Waals surface area contributed by atoms with E-state index in [1.54, 1.807) is 12.4 Å². The molecular weight excluding hydrogens is 388 g/mol. The molecule has 31 heavy (non-hydrogen) atoms. The van der Waals surface area contributed by atoms with Gasteiger partial charge in [-0.15, -0.1) is 0 Å². The Morgan fingerprint density at radius 1 is 1.16 bits per heavy atom. The maximum Gasteiger partial charge on any atom is 0.141 e. The van der Waals surface area contributed by atoms with Crippen molar-refractivity contribution in [1.29, 1.82) is 5.26 Å². The van der Waals surface area contributed by atoms with Gasteiger partial charge in [-0.05, 0) is 42.5 Å². The molecule has 1 aliphatic rings. The van der Waals surface area contributed by atoms with Crippen LogP contribution in [0.4, 0.5) is 0 Å². The van der Waals surface area contributed by atoms with E-state index in [9.17, 15) is 5.26 Å². The lowest BCUT2D eigenvalue weighted by Gasteiger charge is -2.33. The smallest absolute Gasteiger partial charge is 0.141 e. The number of nitrogens with zero attached hydrogens (tertiary/aromatic N) is 6. The molecule has 1 aliphatic heterocycles. The Labute approximate surface area is 180 Å². The quantitative estimate of drug-likeness (QED) is 0.502. The summed E-state index contributed by atoms with van der Waals surface area (Å²) in [7, 11) is 1.97. The number of ether oxygens (including phenoxy) is 1. The number of aryl methyl sites for hydroxylation is 1. The van der Waals surface area contributed by atoms with Gasteiger partial charge in [0.1, 0.15) is 11.8 Å². The topological polar surface area (TPSA) is 81.5 Å². The highest BCUT2D eigenvalue weighted by Gasteiger charge is 2.28. The molecule has 4 heterocycles. The summed E-state index contributed by atoms with van der Waals surface area (Å²) in [6.07, 6.45) is 7.84. The molecular formula is C24H24N6O. The van der Waals surface area contributed by atoms with Crippen LogP contribution in [0.1, 0.15) is 25.5 Å². The van der Waals surface area contributed by atoms with Crippen LogP contribution in [0.5, 0.6) is 0 Å². The second kappa shape index (κ2) is 7.64. The summed E-state index contributed by atoms with van der Waals surface area (Å²) < 4.78 is 9.53. The van der Waals surface area contributed by atoms with Gasteiger partial charge in [-0.1, -0.05) is 13.0 Å². The minimum absolute atomic E-state index is 0.192. The number of aromatic nitrogens is 5. The Kier molecular flexibility index (Phi) is 4.79. The van der Waals surface area contributed by atoms with Crippen molar-refractivity contribution in [3.05, 3.63) is 54.7 Å². The molecule has 0 spiro atoms. The fourth-order valence-electron chi connectivity index (χ4n) is 4.26. The van der Waals surface area contributed by atoms with Crippen LogP contribution in [0.2, 0.25) is 0 Å². The summed E-state index contributed by atoms with van der Waals surface area (Å²) in [5.41, 5.74) is 6.18. The van der Waals surface area contributed by atoms with Crippen molar-refractivity contribution in [3.8, 4) is 28.5 Å². The van der Waals surface area contributed by atoms with E-state index in [0.717, 1.165) is 66.0 Å². The molecule has 0 N–H and O–H groups in total. The third kappa shape index (κ3) is 3.71. The molecule has 7 nitrogen and oxygen atoms in total. The van der Waals surface area contributed by atoms with E-state index in [1.807, 2.05) is 46.8 Å². The van der Waals surface area contributed by atoms with Gasteiger partial charge in [-0.2, -0.15) is 10.4 Å². The van der Waals surface area contributed by atoms with Crippen LogP contribution in [0, 0.1) is 16.7 Å². The number of benzene rings is 1. The first-order chi connectivity index (χ1) is 15.0. The van der Waals surface area contributed by atoms with E-state index in [1.165, 1.54) is 0 Å². The van der Waals surface area contributed by atoms with Crippen LogP contribution in [0.15, 0.2) is 49.1 Å². The fourth-order valence-corrected chi connectivity index (χ4v) is 4.26. The Balaban J connectivity index is 1.54. The lowest BCUT2D eigenvalue weighted by molar-refractivity contribution is 0.0139. The molecule has 0 saturated carbocycles. The highest BCUT2D eigenvalue weighted by Crippen LogP contribution is 2.34. The van der Waals surface area contributed by atoms with Crippen molar-refractivity contribution < 1.29 is 4.74 Å². The predicted molar refractivity (Wildman–Crippen MR) is 118 cm³/mol. The van der Waals surface area contributed by atoms with Gasteiger partial charge in [0.25, 0.3) is 0 Å². The van der Waals surface area contributed by atoms with Gasteiger partial charge in [0.15, 0.2) is 0 Å². The van der Waals surface area contributed by atoms with Crippen LogP contribution in [0.3, 0.4) is 0 Å². The molecule has 5 rings (SSSR count). The molecule has 0 aliphatic carbocycles. The molecule has 1 aromatic carbocycles. The van der Waals surface area contributed by atoms with Crippen molar-refractivity contribution in [2.24, 2.45) is 12.5 Å². The lowest BCUT2D eigenvalue weighted by Crippen LogP contribution is -2.31. The van der Waals surface area contributed by atoms with E-state index in [4.69, 9.17) is 4.74 Å². The molecule has 156 valence electrons. The molecule has 1 fully saturated rings. The SMILES string of the molecule is Cn1cnc2cc(-c3nc(C#N)ccc3-c3cnn(CC4(C)CCOCC4)c3)ccc21. The van der Waals surface area contributed by atoms with Gasteiger partial charge in [-0.25, -0.2) is 9.97 Å². The molecule has 0 amide bonds. The lowest BCUT2D eigenvalue weighted by atomic mass is 9.82. The molecule has 0 bridgehead atoms. The maximum atomic E-state index is 9.41. The molecule has 1 saturated heterocycles. The summed E-state index contributed by atoms with van der Waals surface area (Å²) >= 11 is 0. The van der Waals surface area contributed by atoms with E-state index in [0.29, 0.717) is 5.69 Å². The number of fused-ring (bicyclic) bond motifs is 1. The number of nitriles is 1. The maximum absolute atomic E-state index is 9.41. The van der Waals surface area contributed by atoms with Gasteiger partial charge in [0.2, 0.25) is 0 Å². The Morgan fingerprint density at radius 3 is 2.81 bits per heavy atom. The van der Waals surface area contributed by atoms with Crippen LogP contribution in [-0.4, -0.2) is 37.5 Å². The van der Waals surface area contributed by atoms with E-state index in [2.05, 4.69) is 34.3 Å². The second-order valence-corrected chi connectivity index (χ2v) is 8.61. The number of pyridine rings is 1. The third-order valence-electron chi connectivity index (χ3n) is 6.20. The zero-order valence-corrected chi connectivity index (χ0v) is 17.7. The number of rotatable bonds is 4. The highest BCUT2D eigenvalue weighted by atomic mass is 16.5. The van der Waals surface area contributed by atoms with Crippen LogP contribution in [-0.2, 0) is 18.3 Å². The van der Waals surface area contributed by atoms with Crippen molar-refractivity contribution >= 4 is 11.0 Å². The Morgan fingerprint density at radius 2 is 2.00 bits per heavy atom. The average molecular weight is 412 g/mol. The number of hydrogen-bond donors (Lipinski definition) is 0. The molecule has 3 aromatic heterocycles. The molecule has 0 atom stereocenters. The van der Waals surface area contributed by atoms with Crippen molar-refractivity contribution in [2.45, 2.75) is 26.3 Å². The van der Waals surface area contributed by atoms with E-state index >= 15 is 0 Å². The molecule has 0 unspecified atom stereocenters. The first-order valence-electron chi connectivity index (χ1n) is 10.5. The number of imidazole rings is 1. The largest absolute Gasteiger partial charge is 0.381 e. The van der Waals surface area contributed by atoms with Crippen LogP contribution in [0.25, 0.3) is 33.4 Å². The minimum atomic E-state index is 0.192. The zero-order valence-electron chi connectivity index (χ0n) is 17.7.